The van der Waals surface area contributed by atoms with Crippen LogP contribution >= 0.6 is 0 Å². The Bertz CT molecular complexity index is 607. The molecule has 1 heterocycles. The molecule has 1 aliphatic rings. The third-order valence-corrected chi connectivity index (χ3v) is 4.13. The van der Waals surface area contributed by atoms with Gasteiger partial charge in [-0.15, -0.1) is 0 Å². The normalized spacial score (nSPS) is 17.8. The molecule has 1 aromatic carbocycles. The zero-order valence-electron chi connectivity index (χ0n) is 12.2. The van der Waals surface area contributed by atoms with E-state index in [0.29, 0.717) is 0 Å². The molecule has 0 saturated carbocycles. The van der Waals surface area contributed by atoms with Gasteiger partial charge >= 0.3 is 0 Å². The summed E-state index contributed by atoms with van der Waals surface area (Å²) >= 11 is 0. The fourth-order valence-corrected chi connectivity index (χ4v) is 3.00. The number of aryl methyl sites for hydroxylation is 2. The largest absolute Gasteiger partial charge is 0.319 e. The topological polar surface area (TPSA) is 37.8 Å². The number of nitrogens with zero attached hydrogens (tertiary/aromatic N) is 2. The zero-order chi connectivity index (χ0) is 13.9. The number of hydrogen-bond donors (Lipinski definition) is 1. The van der Waals surface area contributed by atoms with E-state index in [-0.39, 0.29) is 0 Å². The number of fused-ring (bicyclic) bond motifs is 1. The van der Waals surface area contributed by atoms with Crippen LogP contribution in [0.2, 0.25) is 0 Å². The van der Waals surface area contributed by atoms with Crippen molar-refractivity contribution in [2.24, 2.45) is 5.92 Å². The summed E-state index contributed by atoms with van der Waals surface area (Å²) in [5.41, 5.74) is 4.95. The second-order valence-corrected chi connectivity index (χ2v) is 5.65. The number of rotatable bonds is 3. The van der Waals surface area contributed by atoms with Gasteiger partial charge < -0.3 is 5.32 Å². The van der Waals surface area contributed by atoms with E-state index in [0.717, 1.165) is 36.7 Å². The van der Waals surface area contributed by atoms with Gasteiger partial charge in [0.25, 0.3) is 0 Å². The molecule has 1 N–H and O–H groups in total. The van der Waals surface area contributed by atoms with Gasteiger partial charge in [-0.05, 0) is 56.8 Å². The lowest BCUT2D eigenvalue weighted by molar-refractivity contribution is 0.434. The highest BCUT2D eigenvalue weighted by atomic mass is 14.9. The first-order valence-corrected chi connectivity index (χ1v) is 7.33. The Kier molecular flexibility index (Phi) is 3.79. The zero-order valence-corrected chi connectivity index (χ0v) is 12.2. The van der Waals surface area contributed by atoms with E-state index in [9.17, 15) is 0 Å². The van der Waals surface area contributed by atoms with E-state index in [2.05, 4.69) is 35.4 Å². The molecule has 1 aromatic heterocycles. The highest BCUT2D eigenvalue weighted by Gasteiger charge is 2.20. The molecule has 0 spiro atoms. The number of hydrogen-bond acceptors (Lipinski definition) is 3. The molecule has 0 saturated heterocycles. The first kappa shape index (κ1) is 13.3. The molecule has 0 bridgehead atoms. The van der Waals surface area contributed by atoms with E-state index in [1.54, 1.807) is 0 Å². The van der Waals surface area contributed by atoms with Gasteiger partial charge in [-0.1, -0.05) is 24.3 Å². The van der Waals surface area contributed by atoms with Crippen LogP contribution in [0.5, 0.6) is 0 Å². The molecule has 0 aliphatic heterocycles. The maximum atomic E-state index is 4.81. The standard InChI is InChI=1S/C17H21N3/c1-12-5-3-4-6-15(12)17-19-11-14-9-13(10-18-2)7-8-16(14)20-17/h3-6,11,13,18H,7-10H2,1-2H3. The number of aromatic nitrogens is 2. The first-order chi connectivity index (χ1) is 9.78. The number of nitrogens with one attached hydrogen (secondary N) is 1. The molecule has 20 heavy (non-hydrogen) atoms. The van der Waals surface area contributed by atoms with Crippen molar-refractivity contribution >= 4 is 0 Å². The molecule has 1 unspecified atom stereocenters. The minimum Gasteiger partial charge on any atom is -0.319 e. The molecule has 0 radical (unpaired) electrons. The van der Waals surface area contributed by atoms with Crippen molar-refractivity contribution in [3.63, 3.8) is 0 Å². The third-order valence-electron chi connectivity index (χ3n) is 4.13. The SMILES string of the molecule is CNCC1CCc2nc(-c3ccccc3C)ncc2C1. The van der Waals surface area contributed by atoms with E-state index in [1.165, 1.54) is 23.2 Å². The maximum Gasteiger partial charge on any atom is 0.159 e. The average Bonchev–Trinajstić information content (AvgIpc) is 2.48. The van der Waals surface area contributed by atoms with Crippen LogP contribution in [0.1, 0.15) is 23.2 Å². The van der Waals surface area contributed by atoms with Crippen molar-refractivity contribution in [1.82, 2.24) is 15.3 Å². The third kappa shape index (κ3) is 2.59. The van der Waals surface area contributed by atoms with Gasteiger partial charge in [0.2, 0.25) is 0 Å². The van der Waals surface area contributed by atoms with Crippen molar-refractivity contribution in [2.45, 2.75) is 26.2 Å². The summed E-state index contributed by atoms with van der Waals surface area (Å²) in [6, 6.07) is 8.32. The lowest BCUT2D eigenvalue weighted by atomic mass is 9.87. The Labute approximate surface area is 120 Å². The van der Waals surface area contributed by atoms with Crippen LogP contribution in [0, 0.1) is 12.8 Å². The maximum absolute atomic E-state index is 4.81. The van der Waals surface area contributed by atoms with Gasteiger partial charge in [-0.3, -0.25) is 0 Å². The molecule has 104 valence electrons. The van der Waals surface area contributed by atoms with Crippen LogP contribution in [0.4, 0.5) is 0 Å². The summed E-state index contributed by atoms with van der Waals surface area (Å²) in [6.07, 6.45) is 5.43. The lowest BCUT2D eigenvalue weighted by Crippen LogP contribution is -2.25. The fraction of sp³-hybridized carbons (Fsp3) is 0.412. The van der Waals surface area contributed by atoms with Crippen LogP contribution in [-0.2, 0) is 12.8 Å². The highest BCUT2D eigenvalue weighted by molar-refractivity contribution is 5.59. The predicted molar refractivity (Wildman–Crippen MR) is 81.6 cm³/mol. The van der Waals surface area contributed by atoms with Crippen molar-refractivity contribution < 1.29 is 0 Å². The minimum absolute atomic E-state index is 0.723. The summed E-state index contributed by atoms with van der Waals surface area (Å²) < 4.78 is 0. The molecule has 1 aliphatic carbocycles. The van der Waals surface area contributed by atoms with Gasteiger partial charge in [-0.25, -0.2) is 9.97 Å². The Balaban J connectivity index is 1.90. The molecule has 1 atom stereocenters. The van der Waals surface area contributed by atoms with Crippen LogP contribution in [0.15, 0.2) is 30.5 Å². The van der Waals surface area contributed by atoms with E-state index in [1.807, 2.05) is 19.3 Å². The average molecular weight is 267 g/mol. The fourth-order valence-electron chi connectivity index (χ4n) is 3.00. The number of benzene rings is 1. The van der Waals surface area contributed by atoms with Crippen molar-refractivity contribution in [3.8, 4) is 11.4 Å². The molecular formula is C17H21N3. The summed E-state index contributed by atoms with van der Waals surface area (Å²) in [5.74, 6) is 1.59. The lowest BCUT2D eigenvalue weighted by Gasteiger charge is -2.23. The summed E-state index contributed by atoms with van der Waals surface area (Å²) in [4.78, 5) is 9.39. The van der Waals surface area contributed by atoms with Gasteiger partial charge in [0.15, 0.2) is 5.82 Å². The molecule has 2 aromatic rings. The molecule has 3 heteroatoms. The highest BCUT2D eigenvalue weighted by Crippen LogP contribution is 2.26. The summed E-state index contributed by atoms with van der Waals surface area (Å²) in [5, 5.41) is 3.27. The molecule has 0 amide bonds. The Morgan fingerprint density at radius 2 is 2.15 bits per heavy atom. The van der Waals surface area contributed by atoms with Crippen LogP contribution in [0.25, 0.3) is 11.4 Å². The summed E-state index contributed by atoms with van der Waals surface area (Å²) in [6.45, 7) is 3.19. The van der Waals surface area contributed by atoms with Crippen molar-refractivity contribution in [1.29, 1.82) is 0 Å². The quantitative estimate of drug-likeness (QED) is 0.929. The Morgan fingerprint density at radius 1 is 1.30 bits per heavy atom. The van der Waals surface area contributed by atoms with Gasteiger partial charge in [0.1, 0.15) is 0 Å². The van der Waals surface area contributed by atoms with Gasteiger partial charge in [0.05, 0.1) is 0 Å². The molecule has 3 rings (SSSR count). The van der Waals surface area contributed by atoms with Crippen LogP contribution in [0.3, 0.4) is 0 Å². The molecular weight excluding hydrogens is 246 g/mol. The van der Waals surface area contributed by atoms with Gasteiger partial charge in [-0.2, -0.15) is 0 Å². The smallest absolute Gasteiger partial charge is 0.159 e. The Morgan fingerprint density at radius 3 is 2.95 bits per heavy atom. The second kappa shape index (κ2) is 5.71. The van der Waals surface area contributed by atoms with Crippen LogP contribution in [-0.4, -0.2) is 23.6 Å². The van der Waals surface area contributed by atoms with E-state index in [4.69, 9.17) is 4.98 Å². The molecule has 3 nitrogen and oxygen atoms in total. The van der Waals surface area contributed by atoms with Crippen LogP contribution < -0.4 is 5.32 Å². The Hall–Kier alpha value is -1.74. The van der Waals surface area contributed by atoms with E-state index < -0.39 is 0 Å². The minimum atomic E-state index is 0.723. The molecule has 0 fully saturated rings. The first-order valence-electron chi connectivity index (χ1n) is 7.33. The van der Waals surface area contributed by atoms with Crippen molar-refractivity contribution in [2.75, 3.05) is 13.6 Å². The summed E-state index contributed by atoms with van der Waals surface area (Å²) in [7, 11) is 2.02. The van der Waals surface area contributed by atoms with Gasteiger partial charge in [0, 0.05) is 17.5 Å². The predicted octanol–water partition coefficient (Wildman–Crippen LogP) is 2.78. The van der Waals surface area contributed by atoms with Crippen molar-refractivity contribution in [3.05, 3.63) is 47.3 Å². The van der Waals surface area contributed by atoms with E-state index >= 15 is 0 Å². The monoisotopic (exact) mass is 267 g/mol. The second-order valence-electron chi connectivity index (χ2n) is 5.65.